The van der Waals surface area contributed by atoms with Gasteiger partial charge in [-0.05, 0) is 22.4 Å². The summed E-state index contributed by atoms with van der Waals surface area (Å²) in [5.74, 6) is 0.117. The van der Waals surface area contributed by atoms with Crippen molar-refractivity contribution in [2.24, 2.45) is 0 Å². The third kappa shape index (κ3) is 1.97. The molecule has 3 aromatic carbocycles. The highest BCUT2D eigenvalue weighted by molar-refractivity contribution is 7.10. The lowest BCUT2D eigenvalue weighted by molar-refractivity contribution is 0.103. The third-order valence-corrected chi connectivity index (χ3v) is 6.53. The Balaban J connectivity index is 1.69. The highest BCUT2D eigenvalue weighted by atomic mass is 32.1. The molecule has 1 N–H and O–H groups in total. The summed E-state index contributed by atoms with van der Waals surface area (Å²) in [7, 11) is 0. The number of thiophene rings is 1. The van der Waals surface area contributed by atoms with Gasteiger partial charge in [0.05, 0.1) is 17.3 Å². The number of benzene rings is 3. The smallest absolute Gasteiger partial charge is 0.192 e. The van der Waals surface area contributed by atoms with Gasteiger partial charge in [0.1, 0.15) is 0 Å². The molecule has 2 aliphatic rings. The van der Waals surface area contributed by atoms with Gasteiger partial charge in [0.15, 0.2) is 5.78 Å². The Bertz CT molecular complexity index is 1270. The van der Waals surface area contributed by atoms with Gasteiger partial charge in [0.25, 0.3) is 0 Å². The number of anilines is 1. The molecule has 2 nitrogen and oxygen atoms in total. The first-order valence-electron chi connectivity index (χ1n) is 9.03. The largest absolute Gasteiger partial charge is 0.354 e. The second-order valence-electron chi connectivity index (χ2n) is 6.99. The maximum Gasteiger partial charge on any atom is 0.192 e. The van der Waals surface area contributed by atoms with E-state index in [9.17, 15) is 4.79 Å². The van der Waals surface area contributed by atoms with Crippen molar-refractivity contribution >= 4 is 39.3 Å². The molecule has 0 saturated carbocycles. The molecule has 0 radical (unpaired) electrons. The molecule has 6 rings (SSSR count). The number of allylic oxidation sites excluding steroid dienone is 1. The molecular weight excluding hydrogens is 350 g/mol. The first kappa shape index (κ1) is 14.9. The minimum absolute atomic E-state index is 0.0271. The fourth-order valence-corrected chi connectivity index (χ4v) is 5.27. The fraction of sp³-hybridized carbons (Fsp3) is 0.0417. The average Bonchev–Trinajstić information content (AvgIpc) is 3.34. The Hall–Kier alpha value is -3.17. The number of Topliss-reactive ketones (excluding diaryl/α,β-unsaturated/α-hetero) is 1. The van der Waals surface area contributed by atoms with Crippen LogP contribution in [0, 0.1) is 0 Å². The SMILES string of the molecule is O=C1C2=C(Nc3c(ccc4ccccc34)C2c2cccs2)c2ccccc21. The minimum atomic E-state index is -0.0271. The number of nitrogens with one attached hydrogen (secondary N) is 1. The quantitative estimate of drug-likeness (QED) is 0.444. The lowest BCUT2D eigenvalue weighted by atomic mass is 9.82. The molecule has 3 heteroatoms. The van der Waals surface area contributed by atoms with Crippen molar-refractivity contribution in [1.29, 1.82) is 0 Å². The van der Waals surface area contributed by atoms with E-state index in [1.165, 1.54) is 21.2 Å². The molecule has 27 heavy (non-hydrogen) atoms. The standard InChI is InChI=1S/C24H15NOS/c26-24-17-9-4-3-8-16(17)23-21(24)20(19-10-5-13-27-19)18-12-11-14-6-1-2-7-15(14)22(18)25-23/h1-13,20,25H. The summed E-state index contributed by atoms with van der Waals surface area (Å²) in [6.07, 6.45) is 0. The number of rotatable bonds is 1. The molecule has 1 atom stereocenters. The van der Waals surface area contributed by atoms with Crippen LogP contribution in [0.4, 0.5) is 5.69 Å². The summed E-state index contributed by atoms with van der Waals surface area (Å²) in [6.45, 7) is 0. The summed E-state index contributed by atoms with van der Waals surface area (Å²) >= 11 is 1.71. The molecule has 1 aromatic heterocycles. The van der Waals surface area contributed by atoms with Crippen molar-refractivity contribution in [3.8, 4) is 0 Å². The predicted molar refractivity (Wildman–Crippen MR) is 111 cm³/mol. The van der Waals surface area contributed by atoms with Gasteiger partial charge >= 0.3 is 0 Å². The number of hydrogen-bond donors (Lipinski definition) is 1. The second-order valence-corrected chi connectivity index (χ2v) is 7.97. The van der Waals surface area contributed by atoms with Crippen LogP contribution in [0.3, 0.4) is 0 Å². The van der Waals surface area contributed by atoms with Crippen molar-refractivity contribution in [1.82, 2.24) is 0 Å². The van der Waals surface area contributed by atoms with Gasteiger partial charge in [0, 0.05) is 27.0 Å². The number of carbonyl (C=O) groups is 1. The van der Waals surface area contributed by atoms with Crippen LogP contribution < -0.4 is 5.32 Å². The lowest BCUT2D eigenvalue weighted by Gasteiger charge is -2.29. The van der Waals surface area contributed by atoms with E-state index in [0.29, 0.717) is 0 Å². The van der Waals surface area contributed by atoms with Crippen LogP contribution in [0.15, 0.2) is 83.7 Å². The summed E-state index contributed by atoms with van der Waals surface area (Å²) in [6, 6.07) is 24.9. The molecule has 0 amide bonds. The van der Waals surface area contributed by atoms with E-state index in [1.807, 2.05) is 24.3 Å². The summed E-state index contributed by atoms with van der Waals surface area (Å²) < 4.78 is 0. The topological polar surface area (TPSA) is 29.1 Å². The molecule has 128 valence electrons. The van der Waals surface area contributed by atoms with Gasteiger partial charge in [-0.1, -0.05) is 66.7 Å². The molecule has 0 fully saturated rings. The fourth-order valence-electron chi connectivity index (χ4n) is 4.41. The van der Waals surface area contributed by atoms with E-state index in [2.05, 4.69) is 59.2 Å². The molecule has 0 saturated heterocycles. The zero-order valence-electron chi connectivity index (χ0n) is 14.4. The second kappa shape index (κ2) is 5.41. The average molecular weight is 365 g/mol. The third-order valence-electron chi connectivity index (χ3n) is 5.59. The first-order chi connectivity index (χ1) is 13.3. The van der Waals surface area contributed by atoms with E-state index < -0.39 is 0 Å². The first-order valence-corrected chi connectivity index (χ1v) is 9.91. The van der Waals surface area contributed by atoms with Crippen LogP contribution in [-0.4, -0.2) is 5.78 Å². The Labute approximate surface area is 160 Å². The number of fused-ring (bicyclic) bond motifs is 5. The number of carbonyl (C=O) groups excluding carboxylic acids is 1. The van der Waals surface area contributed by atoms with E-state index in [4.69, 9.17) is 0 Å². The Morgan fingerprint density at radius 2 is 1.63 bits per heavy atom. The Morgan fingerprint density at radius 3 is 2.48 bits per heavy atom. The highest BCUT2D eigenvalue weighted by Gasteiger charge is 2.40. The van der Waals surface area contributed by atoms with Gasteiger partial charge in [-0.3, -0.25) is 4.79 Å². The maximum absolute atomic E-state index is 13.3. The van der Waals surface area contributed by atoms with Gasteiger partial charge in [-0.2, -0.15) is 0 Å². The van der Waals surface area contributed by atoms with Crippen LogP contribution >= 0.6 is 11.3 Å². The van der Waals surface area contributed by atoms with Crippen molar-refractivity contribution in [2.75, 3.05) is 5.32 Å². The van der Waals surface area contributed by atoms with E-state index >= 15 is 0 Å². The molecule has 2 heterocycles. The van der Waals surface area contributed by atoms with E-state index in [0.717, 1.165) is 28.1 Å². The monoisotopic (exact) mass is 365 g/mol. The molecule has 4 aromatic rings. The maximum atomic E-state index is 13.3. The van der Waals surface area contributed by atoms with Crippen LogP contribution in [0.25, 0.3) is 16.5 Å². The predicted octanol–water partition coefficient (Wildman–Crippen LogP) is 6.07. The van der Waals surface area contributed by atoms with Crippen LogP contribution in [-0.2, 0) is 0 Å². The van der Waals surface area contributed by atoms with E-state index in [-0.39, 0.29) is 11.7 Å². The summed E-state index contributed by atoms with van der Waals surface area (Å²) in [5, 5.41) is 8.13. The Morgan fingerprint density at radius 1 is 0.815 bits per heavy atom. The highest BCUT2D eigenvalue weighted by Crippen LogP contribution is 2.51. The molecule has 0 spiro atoms. The zero-order chi connectivity index (χ0) is 18.0. The van der Waals surface area contributed by atoms with Crippen molar-refractivity contribution < 1.29 is 4.79 Å². The van der Waals surface area contributed by atoms with Crippen LogP contribution in [0.1, 0.15) is 32.3 Å². The molecular formula is C24H15NOS. The molecule has 1 aliphatic carbocycles. The van der Waals surface area contributed by atoms with Crippen molar-refractivity contribution in [3.63, 3.8) is 0 Å². The summed E-state index contributed by atoms with van der Waals surface area (Å²) in [5.41, 5.74) is 5.96. The number of ketones is 1. The van der Waals surface area contributed by atoms with Gasteiger partial charge in [-0.25, -0.2) is 0 Å². The van der Waals surface area contributed by atoms with E-state index in [1.54, 1.807) is 11.3 Å². The minimum Gasteiger partial charge on any atom is -0.354 e. The van der Waals surface area contributed by atoms with Gasteiger partial charge in [0.2, 0.25) is 0 Å². The van der Waals surface area contributed by atoms with Gasteiger partial charge in [-0.15, -0.1) is 11.3 Å². The van der Waals surface area contributed by atoms with Crippen molar-refractivity contribution in [2.45, 2.75) is 5.92 Å². The van der Waals surface area contributed by atoms with Crippen molar-refractivity contribution in [3.05, 3.63) is 105 Å². The Kier molecular flexibility index (Phi) is 3.00. The lowest BCUT2D eigenvalue weighted by Crippen LogP contribution is -2.18. The van der Waals surface area contributed by atoms with Gasteiger partial charge < -0.3 is 5.32 Å². The molecule has 1 aliphatic heterocycles. The number of hydrogen-bond acceptors (Lipinski definition) is 3. The normalized spacial score (nSPS) is 17.5. The molecule has 1 unspecified atom stereocenters. The van der Waals surface area contributed by atoms with Crippen LogP contribution in [0.5, 0.6) is 0 Å². The summed E-state index contributed by atoms with van der Waals surface area (Å²) in [4.78, 5) is 14.5. The van der Waals surface area contributed by atoms with Crippen LogP contribution in [0.2, 0.25) is 0 Å². The zero-order valence-corrected chi connectivity index (χ0v) is 15.2. The molecule has 0 bridgehead atoms.